The van der Waals surface area contributed by atoms with Gasteiger partial charge in [-0.15, -0.1) is 0 Å². The van der Waals surface area contributed by atoms with Crippen molar-refractivity contribution < 1.29 is 8.42 Å². The van der Waals surface area contributed by atoms with Crippen molar-refractivity contribution in [2.75, 3.05) is 0 Å². The summed E-state index contributed by atoms with van der Waals surface area (Å²) in [5.41, 5.74) is 0.714. The van der Waals surface area contributed by atoms with Crippen molar-refractivity contribution in [3.63, 3.8) is 0 Å². The maximum Gasteiger partial charge on any atom is 0.258 e. The van der Waals surface area contributed by atoms with Crippen LogP contribution in [-0.2, 0) is 10.0 Å². The number of aromatic nitrogens is 2. The van der Waals surface area contributed by atoms with Crippen molar-refractivity contribution in [1.82, 2.24) is 14.5 Å². The Bertz CT molecular complexity index is 618. The van der Waals surface area contributed by atoms with E-state index >= 15 is 0 Å². The van der Waals surface area contributed by atoms with Gasteiger partial charge in [0.2, 0.25) is 0 Å². The molecule has 0 fully saturated rings. The summed E-state index contributed by atoms with van der Waals surface area (Å²) in [5.74, 6) is 0. The van der Waals surface area contributed by atoms with Crippen molar-refractivity contribution in [3.05, 3.63) is 42.6 Å². The van der Waals surface area contributed by atoms with Gasteiger partial charge in [0.1, 0.15) is 0 Å². The Kier molecular flexibility index (Phi) is 3.49. The van der Waals surface area contributed by atoms with Gasteiger partial charge >= 0.3 is 0 Å². The number of para-hydroxylation sites is 1. The SMILES string of the molecule is CC(C)NS(=O)(=O)c1ccnn1-c1ccccc1. The molecule has 0 aliphatic rings. The van der Waals surface area contributed by atoms with Gasteiger partial charge in [0, 0.05) is 6.04 Å². The molecular weight excluding hydrogens is 250 g/mol. The monoisotopic (exact) mass is 265 g/mol. The summed E-state index contributed by atoms with van der Waals surface area (Å²) in [6.45, 7) is 3.56. The van der Waals surface area contributed by atoms with Crippen molar-refractivity contribution in [1.29, 1.82) is 0 Å². The molecule has 5 nitrogen and oxygen atoms in total. The lowest BCUT2D eigenvalue weighted by atomic mass is 10.3. The maximum atomic E-state index is 12.1. The summed E-state index contributed by atoms with van der Waals surface area (Å²) in [6.07, 6.45) is 1.47. The van der Waals surface area contributed by atoms with E-state index in [-0.39, 0.29) is 11.1 Å². The highest BCUT2D eigenvalue weighted by molar-refractivity contribution is 7.89. The van der Waals surface area contributed by atoms with Gasteiger partial charge in [0.15, 0.2) is 5.03 Å². The van der Waals surface area contributed by atoms with Crippen molar-refractivity contribution in [3.8, 4) is 5.69 Å². The van der Waals surface area contributed by atoms with Crippen LogP contribution < -0.4 is 4.72 Å². The highest BCUT2D eigenvalue weighted by atomic mass is 32.2. The number of rotatable bonds is 4. The minimum absolute atomic E-state index is 0.141. The van der Waals surface area contributed by atoms with E-state index in [0.29, 0.717) is 5.69 Å². The molecule has 0 spiro atoms. The van der Waals surface area contributed by atoms with E-state index in [1.165, 1.54) is 16.9 Å². The van der Waals surface area contributed by atoms with Crippen LogP contribution in [0.2, 0.25) is 0 Å². The topological polar surface area (TPSA) is 64.0 Å². The van der Waals surface area contributed by atoms with Crippen LogP contribution >= 0.6 is 0 Å². The van der Waals surface area contributed by atoms with Gasteiger partial charge in [-0.05, 0) is 32.0 Å². The number of sulfonamides is 1. The number of hydrogen-bond donors (Lipinski definition) is 1. The van der Waals surface area contributed by atoms with Crippen LogP contribution in [0.4, 0.5) is 0 Å². The fourth-order valence-electron chi connectivity index (χ4n) is 1.63. The first-order chi connectivity index (χ1) is 8.50. The van der Waals surface area contributed by atoms with Gasteiger partial charge in [-0.2, -0.15) is 5.10 Å². The smallest absolute Gasteiger partial charge is 0.221 e. The number of hydrogen-bond acceptors (Lipinski definition) is 3. The van der Waals surface area contributed by atoms with E-state index in [1.807, 2.05) is 18.2 Å². The molecule has 1 aromatic heterocycles. The van der Waals surface area contributed by atoms with E-state index in [1.54, 1.807) is 26.0 Å². The fraction of sp³-hybridized carbons (Fsp3) is 0.250. The van der Waals surface area contributed by atoms with Crippen LogP contribution in [0.1, 0.15) is 13.8 Å². The van der Waals surface area contributed by atoms with Crippen LogP contribution in [0, 0.1) is 0 Å². The number of nitrogens with zero attached hydrogens (tertiary/aromatic N) is 2. The molecule has 0 unspecified atom stereocenters. The second-order valence-corrected chi connectivity index (χ2v) is 5.85. The molecule has 18 heavy (non-hydrogen) atoms. The Morgan fingerprint density at radius 2 is 1.83 bits per heavy atom. The third kappa shape index (κ3) is 2.60. The zero-order valence-corrected chi connectivity index (χ0v) is 11.1. The average Bonchev–Trinajstić information content (AvgIpc) is 2.78. The van der Waals surface area contributed by atoms with Crippen LogP contribution in [-0.4, -0.2) is 24.2 Å². The zero-order valence-electron chi connectivity index (χ0n) is 10.2. The summed E-state index contributed by atoms with van der Waals surface area (Å²) in [5, 5.41) is 4.20. The molecule has 0 radical (unpaired) electrons. The summed E-state index contributed by atoms with van der Waals surface area (Å²) in [7, 11) is -3.54. The van der Waals surface area contributed by atoms with Crippen LogP contribution in [0.25, 0.3) is 5.69 Å². The molecule has 0 aliphatic heterocycles. The maximum absolute atomic E-state index is 12.1. The van der Waals surface area contributed by atoms with E-state index in [4.69, 9.17) is 0 Å². The number of nitrogens with one attached hydrogen (secondary N) is 1. The average molecular weight is 265 g/mol. The van der Waals surface area contributed by atoms with E-state index in [9.17, 15) is 8.42 Å². The summed E-state index contributed by atoms with van der Waals surface area (Å²) >= 11 is 0. The van der Waals surface area contributed by atoms with Gasteiger partial charge in [-0.1, -0.05) is 18.2 Å². The highest BCUT2D eigenvalue weighted by Gasteiger charge is 2.20. The third-order valence-electron chi connectivity index (χ3n) is 2.27. The molecule has 96 valence electrons. The highest BCUT2D eigenvalue weighted by Crippen LogP contribution is 2.14. The Morgan fingerprint density at radius 3 is 2.44 bits per heavy atom. The summed E-state index contributed by atoms with van der Waals surface area (Å²) < 4.78 is 28.2. The predicted octanol–water partition coefficient (Wildman–Crippen LogP) is 1.56. The third-order valence-corrected chi connectivity index (χ3v) is 3.92. The molecule has 0 bridgehead atoms. The predicted molar refractivity (Wildman–Crippen MR) is 69.0 cm³/mol. The number of benzene rings is 1. The molecule has 0 saturated carbocycles. The minimum Gasteiger partial charge on any atom is -0.221 e. The van der Waals surface area contributed by atoms with E-state index in [2.05, 4.69) is 9.82 Å². The van der Waals surface area contributed by atoms with Crippen LogP contribution in [0.3, 0.4) is 0 Å². The fourth-order valence-corrected chi connectivity index (χ4v) is 2.99. The molecule has 1 aromatic carbocycles. The Morgan fingerprint density at radius 1 is 1.17 bits per heavy atom. The van der Waals surface area contributed by atoms with Crippen molar-refractivity contribution in [2.45, 2.75) is 24.9 Å². The normalized spacial score (nSPS) is 11.9. The molecule has 6 heteroatoms. The summed E-state index contributed by atoms with van der Waals surface area (Å²) in [6, 6.07) is 10.5. The largest absolute Gasteiger partial charge is 0.258 e. The molecule has 2 aromatic rings. The lowest BCUT2D eigenvalue weighted by Gasteiger charge is -2.11. The first-order valence-electron chi connectivity index (χ1n) is 5.62. The first-order valence-corrected chi connectivity index (χ1v) is 7.11. The minimum atomic E-state index is -3.54. The van der Waals surface area contributed by atoms with Crippen molar-refractivity contribution in [2.24, 2.45) is 0 Å². The van der Waals surface area contributed by atoms with E-state index < -0.39 is 10.0 Å². The first kappa shape index (κ1) is 12.8. The molecule has 0 aliphatic carbocycles. The van der Waals surface area contributed by atoms with Gasteiger partial charge in [-0.25, -0.2) is 17.8 Å². The second kappa shape index (κ2) is 4.91. The zero-order chi connectivity index (χ0) is 13.2. The van der Waals surface area contributed by atoms with Gasteiger partial charge in [-0.3, -0.25) is 0 Å². The molecule has 0 atom stereocenters. The molecule has 1 heterocycles. The molecule has 2 rings (SSSR count). The van der Waals surface area contributed by atoms with Crippen LogP contribution in [0.5, 0.6) is 0 Å². The Balaban J connectivity index is 2.46. The molecule has 0 amide bonds. The molecular formula is C12H15N3O2S. The van der Waals surface area contributed by atoms with Gasteiger partial charge < -0.3 is 0 Å². The van der Waals surface area contributed by atoms with Crippen molar-refractivity contribution >= 4 is 10.0 Å². The van der Waals surface area contributed by atoms with Gasteiger partial charge in [0.25, 0.3) is 10.0 Å². The Hall–Kier alpha value is -1.66. The quantitative estimate of drug-likeness (QED) is 0.912. The van der Waals surface area contributed by atoms with Gasteiger partial charge in [0.05, 0.1) is 11.9 Å². The Labute approximate surface area is 107 Å². The second-order valence-electron chi connectivity index (χ2n) is 4.19. The lowest BCUT2D eigenvalue weighted by molar-refractivity contribution is 0.560. The van der Waals surface area contributed by atoms with Crippen LogP contribution in [0.15, 0.2) is 47.6 Å². The lowest BCUT2D eigenvalue weighted by Crippen LogP contribution is -2.31. The van der Waals surface area contributed by atoms with E-state index in [0.717, 1.165) is 0 Å². The molecule has 0 saturated heterocycles. The molecule has 1 N–H and O–H groups in total. The standard InChI is InChI=1S/C12H15N3O2S/c1-10(2)14-18(16,17)12-8-9-13-15(12)11-6-4-3-5-7-11/h3-10,14H,1-2H3. The summed E-state index contributed by atoms with van der Waals surface area (Å²) in [4.78, 5) is 0.